The highest BCUT2D eigenvalue weighted by molar-refractivity contribution is 8.02. The summed E-state index contributed by atoms with van der Waals surface area (Å²) in [5, 5.41) is 13.5. The number of para-hydroxylation sites is 1. The van der Waals surface area contributed by atoms with Crippen molar-refractivity contribution < 1.29 is 9.59 Å². The van der Waals surface area contributed by atoms with E-state index in [0.717, 1.165) is 24.9 Å². The Bertz CT molecular complexity index is 1200. The molecule has 1 aliphatic carbocycles. The molecule has 0 unspecified atom stereocenters. The Hall–Kier alpha value is -2.92. The molecule has 1 saturated carbocycles. The zero-order valence-electron chi connectivity index (χ0n) is 18.0. The van der Waals surface area contributed by atoms with Crippen molar-refractivity contribution in [2.45, 2.75) is 42.7 Å². The molecule has 1 fully saturated rings. The van der Waals surface area contributed by atoms with Gasteiger partial charge in [0, 0.05) is 13.0 Å². The Morgan fingerprint density at radius 3 is 2.56 bits per heavy atom. The summed E-state index contributed by atoms with van der Waals surface area (Å²) in [6.07, 6.45) is 2.90. The quantitative estimate of drug-likeness (QED) is 0.404. The smallest absolute Gasteiger partial charge is 0.295 e. The van der Waals surface area contributed by atoms with Crippen LogP contribution < -0.4 is 16.2 Å². The molecule has 2 aromatic heterocycles. The van der Waals surface area contributed by atoms with Crippen LogP contribution in [0.15, 0.2) is 39.5 Å². The molecule has 1 atom stereocenters. The maximum Gasteiger partial charge on any atom is 0.295 e. The standard InChI is InChI=1S/C21H24N6O3S2/c1-12-16(19(30)27(26(12)3)15-10-5-4-6-11-15)22-17(28)13(2)31-21-25-24-20(32-21)23-18(29)14-8-7-9-14/h4-6,10-11,13-14H,7-9H2,1-3H3,(H,22,28)(H,23,24,29)/t13-/m0/s1. The molecule has 168 valence electrons. The summed E-state index contributed by atoms with van der Waals surface area (Å²) < 4.78 is 3.81. The van der Waals surface area contributed by atoms with Gasteiger partial charge in [0.05, 0.1) is 16.6 Å². The van der Waals surface area contributed by atoms with Crippen molar-refractivity contribution in [2.24, 2.45) is 13.0 Å². The van der Waals surface area contributed by atoms with E-state index < -0.39 is 5.25 Å². The predicted octanol–water partition coefficient (Wildman–Crippen LogP) is 3.19. The van der Waals surface area contributed by atoms with Gasteiger partial charge in [-0.15, -0.1) is 10.2 Å². The second-order valence-electron chi connectivity index (χ2n) is 7.68. The van der Waals surface area contributed by atoms with Crippen LogP contribution >= 0.6 is 23.1 Å². The van der Waals surface area contributed by atoms with Gasteiger partial charge >= 0.3 is 0 Å². The van der Waals surface area contributed by atoms with Gasteiger partial charge in [0.1, 0.15) is 5.69 Å². The highest BCUT2D eigenvalue weighted by atomic mass is 32.2. The molecular formula is C21H24N6O3S2. The third kappa shape index (κ3) is 4.49. The van der Waals surface area contributed by atoms with Gasteiger partial charge in [0.25, 0.3) is 5.56 Å². The SMILES string of the molecule is Cc1c(NC(=O)[C@H](C)Sc2nnc(NC(=O)C3CCC3)s2)c(=O)n(-c2ccccc2)n1C. The highest BCUT2D eigenvalue weighted by Crippen LogP contribution is 2.31. The van der Waals surface area contributed by atoms with Gasteiger partial charge < -0.3 is 10.6 Å². The number of hydrogen-bond acceptors (Lipinski definition) is 7. The molecule has 0 spiro atoms. The van der Waals surface area contributed by atoms with E-state index in [4.69, 9.17) is 0 Å². The number of nitrogens with one attached hydrogen (secondary N) is 2. The Balaban J connectivity index is 1.42. The summed E-state index contributed by atoms with van der Waals surface area (Å²) >= 11 is 2.47. The molecule has 11 heteroatoms. The van der Waals surface area contributed by atoms with E-state index in [9.17, 15) is 14.4 Å². The number of hydrogen-bond donors (Lipinski definition) is 2. The summed E-state index contributed by atoms with van der Waals surface area (Å²) in [5.41, 5.74) is 1.33. The van der Waals surface area contributed by atoms with Gasteiger partial charge in [-0.1, -0.05) is 47.7 Å². The fourth-order valence-electron chi connectivity index (χ4n) is 3.33. The van der Waals surface area contributed by atoms with Crippen molar-refractivity contribution in [1.29, 1.82) is 0 Å². The van der Waals surface area contributed by atoms with E-state index in [1.54, 1.807) is 25.6 Å². The fraction of sp³-hybridized carbons (Fsp3) is 0.381. The first-order valence-corrected chi connectivity index (χ1v) is 12.0. The molecule has 0 radical (unpaired) electrons. The second kappa shape index (κ2) is 9.29. The van der Waals surface area contributed by atoms with Crippen LogP contribution in [0.3, 0.4) is 0 Å². The van der Waals surface area contributed by atoms with E-state index in [1.165, 1.54) is 27.8 Å². The molecule has 0 saturated heterocycles. The average molecular weight is 473 g/mol. The first kappa shape index (κ1) is 22.3. The van der Waals surface area contributed by atoms with E-state index in [1.807, 2.05) is 30.3 Å². The van der Waals surface area contributed by atoms with Crippen LogP contribution in [-0.2, 0) is 16.6 Å². The van der Waals surface area contributed by atoms with Crippen LogP contribution in [0.1, 0.15) is 31.9 Å². The first-order valence-electron chi connectivity index (χ1n) is 10.3. The third-order valence-corrected chi connectivity index (χ3v) is 7.58. The number of anilines is 2. The molecule has 1 aromatic carbocycles. The number of carbonyl (C=O) groups excluding carboxylic acids is 2. The molecule has 3 aromatic rings. The zero-order valence-corrected chi connectivity index (χ0v) is 19.6. The minimum atomic E-state index is -0.512. The Morgan fingerprint density at radius 1 is 1.19 bits per heavy atom. The average Bonchev–Trinajstić information content (AvgIpc) is 3.24. The summed E-state index contributed by atoms with van der Waals surface area (Å²) in [4.78, 5) is 37.8. The van der Waals surface area contributed by atoms with Crippen molar-refractivity contribution in [3.05, 3.63) is 46.4 Å². The maximum atomic E-state index is 13.0. The first-order chi connectivity index (χ1) is 15.3. The van der Waals surface area contributed by atoms with E-state index >= 15 is 0 Å². The van der Waals surface area contributed by atoms with Gasteiger partial charge in [0.15, 0.2) is 4.34 Å². The summed E-state index contributed by atoms with van der Waals surface area (Å²) in [6.45, 7) is 3.53. The lowest BCUT2D eigenvalue weighted by atomic mass is 9.85. The number of aromatic nitrogens is 4. The normalized spacial score (nSPS) is 14.6. The molecule has 2 amide bonds. The van der Waals surface area contributed by atoms with Gasteiger partial charge in [-0.2, -0.15) is 0 Å². The topological polar surface area (TPSA) is 111 Å². The Kier molecular flexibility index (Phi) is 6.47. The Morgan fingerprint density at radius 2 is 1.91 bits per heavy atom. The summed E-state index contributed by atoms with van der Waals surface area (Å²) in [5.74, 6) is -0.269. The Labute approximate surface area is 193 Å². The van der Waals surface area contributed by atoms with Gasteiger partial charge in [-0.05, 0) is 38.8 Å². The number of amides is 2. The molecule has 4 rings (SSSR count). The number of rotatable bonds is 7. The van der Waals surface area contributed by atoms with Crippen molar-refractivity contribution in [3.63, 3.8) is 0 Å². The van der Waals surface area contributed by atoms with Crippen LogP contribution in [0.5, 0.6) is 0 Å². The van der Waals surface area contributed by atoms with Crippen molar-refractivity contribution in [1.82, 2.24) is 19.6 Å². The van der Waals surface area contributed by atoms with Crippen molar-refractivity contribution in [3.8, 4) is 5.69 Å². The lowest BCUT2D eigenvalue weighted by molar-refractivity contribution is -0.122. The zero-order chi connectivity index (χ0) is 22.8. The van der Waals surface area contributed by atoms with Gasteiger partial charge in [-0.3, -0.25) is 19.1 Å². The minimum Gasteiger partial charge on any atom is -0.319 e. The summed E-state index contributed by atoms with van der Waals surface area (Å²) in [6, 6.07) is 9.26. The van der Waals surface area contributed by atoms with E-state index in [-0.39, 0.29) is 29.0 Å². The van der Waals surface area contributed by atoms with Gasteiger partial charge in [0.2, 0.25) is 16.9 Å². The molecular weight excluding hydrogens is 448 g/mol. The lowest BCUT2D eigenvalue weighted by Gasteiger charge is -2.23. The number of nitrogens with zero attached hydrogens (tertiary/aromatic N) is 4. The summed E-state index contributed by atoms with van der Waals surface area (Å²) in [7, 11) is 1.78. The second-order valence-corrected chi connectivity index (χ2v) is 10.2. The lowest BCUT2D eigenvalue weighted by Crippen LogP contribution is -2.27. The van der Waals surface area contributed by atoms with Crippen molar-refractivity contribution >= 4 is 45.7 Å². The fourth-order valence-corrected chi connectivity index (χ4v) is 5.23. The maximum absolute atomic E-state index is 13.0. The number of benzene rings is 1. The number of thioether (sulfide) groups is 1. The molecule has 9 nitrogen and oxygen atoms in total. The van der Waals surface area contributed by atoms with Crippen LogP contribution in [0.25, 0.3) is 5.69 Å². The monoisotopic (exact) mass is 472 g/mol. The van der Waals surface area contributed by atoms with Crippen LogP contribution in [0.2, 0.25) is 0 Å². The minimum absolute atomic E-state index is 0.0241. The highest BCUT2D eigenvalue weighted by Gasteiger charge is 2.26. The molecule has 32 heavy (non-hydrogen) atoms. The van der Waals surface area contributed by atoms with Crippen molar-refractivity contribution in [2.75, 3.05) is 10.6 Å². The third-order valence-electron chi connectivity index (χ3n) is 5.56. The van der Waals surface area contributed by atoms with E-state index in [0.29, 0.717) is 15.2 Å². The predicted molar refractivity (Wildman–Crippen MR) is 126 cm³/mol. The molecule has 1 aliphatic rings. The molecule has 2 N–H and O–H groups in total. The molecule has 0 bridgehead atoms. The van der Waals surface area contributed by atoms with Gasteiger partial charge in [-0.25, -0.2) is 4.68 Å². The largest absolute Gasteiger partial charge is 0.319 e. The molecule has 2 heterocycles. The van der Waals surface area contributed by atoms with E-state index in [2.05, 4.69) is 20.8 Å². The van der Waals surface area contributed by atoms with Crippen LogP contribution in [0.4, 0.5) is 10.8 Å². The number of carbonyl (C=O) groups is 2. The van der Waals surface area contributed by atoms with Crippen LogP contribution in [0, 0.1) is 12.8 Å². The van der Waals surface area contributed by atoms with Crippen LogP contribution in [-0.4, -0.2) is 36.6 Å². The molecule has 0 aliphatic heterocycles.